The molecule has 6 nitrogen and oxygen atoms in total. The lowest BCUT2D eigenvalue weighted by molar-refractivity contribution is -0.139. The minimum Gasteiger partial charge on any atom is -0.378 e. The first-order chi connectivity index (χ1) is 11.8. The molecule has 2 rings (SSSR count). The maximum absolute atomic E-state index is 12.8. The second kappa shape index (κ2) is 8.34. The smallest absolute Gasteiger partial charge is 0.239 e. The van der Waals surface area contributed by atoms with Gasteiger partial charge in [0.25, 0.3) is 0 Å². The van der Waals surface area contributed by atoms with E-state index in [9.17, 15) is 9.59 Å². The van der Waals surface area contributed by atoms with Crippen molar-refractivity contribution < 1.29 is 9.59 Å². The van der Waals surface area contributed by atoms with E-state index in [0.29, 0.717) is 19.6 Å². The summed E-state index contributed by atoms with van der Waals surface area (Å²) in [6.45, 7) is 3.77. The van der Waals surface area contributed by atoms with Gasteiger partial charge in [0.05, 0.1) is 12.0 Å². The number of carbonyl (C=O) groups is 2. The molecule has 2 amide bonds. The third-order valence-corrected chi connectivity index (χ3v) is 5.01. The predicted octanol–water partition coefficient (Wildman–Crippen LogP) is 1.30. The molecule has 1 fully saturated rings. The van der Waals surface area contributed by atoms with Gasteiger partial charge in [0, 0.05) is 39.4 Å². The Labute approximate surface area is 150 Å². The van der Waals surface area contributed by atoms with E-state index in [0.717, 1.165) is 18.5 Å². The summed E-state index contributed by atoms with van der Waals surface area (Å²) in [6.07, 6.45) is 1.61. The van der Waals surface area contributed by atoms with Gasteiger partial charge in [-0.1, -0.05) is 12.1 Å². The molecule has 1 aliphatic rings. The summed E-state index contributed by atoms with van der Waals surface area (Å²) in [5.41, 5.74) is 7.73. The highest BCUT2D eigenvalue weighted by Crippen LogP contribution is 2.19. The minimum atomic E-state index is -0.306. The summed E-state index contributed by atoms with van der Waals surface area (Å²) in [5.74, 6) is -0.455. The number of benzene rings is 1. The predicted molar refractivity (Wildman–Crippen MR) is 100 cm³/mol. The van der Waals surface area contributed by atoms with Crippen LogP contribution in [0.5, 0.6) is 0 Å². The Balaban J connectivity index is 1.99. The number of hydrogen-bond donors (Lipinski definition) is 1. The van der Waals surface area contributed by atoms with Crippen LogP contribution in [0.1, 0.15) is 25.3 Å². The quantitative estimate of drug-likeness (QED) is 0.843. The maximum Gasteiger partial charge on any atom is 0.239 e. The average Bonchev–Trinajstić information content (AvgIpc) is 2.60. The van der Waals surface area contributed by atoms with Crippen LogP contribution in [0.25, 0.3) is 0 Å². The number of carbonyl (C=O) groups excluding carboxylic acids is 2. The highest BCUT2D eigenvalue weighted by molar-refractivity contribution is 5.83. The second-order valence-corrected chi connectivity index (χ2v) is 7.18. The molecular formula is C19H30N4O2. The molecule has 138 valence electrons. The first kappa shape index (κ1) is 19.2. The molecule has 1 aromatic rings. The van der Waals surface area contributed by atoms with E-state index in [-0.39, 0.29) is 23.8 Å². The average molecular weight is 346 g/mol. The Kier molecular flexibility index (Phi) is 6.42. The van der Waals surface area contributed by atoms with Crippen LogP contribution in [0.2, 0.25) is 0 Å². The Morgan fingerprint density at radius 1 is 1.32 bits per heavy atom. The van der Waals surface area contributed by atoms with Gasteiger partial charge in [-0.05, 0) is 44.5 Å². The normalized spacial score (nSPS) is 18.9. The van der Waals surface area contributed by atoms with Crippen LogP contribution in [0.15, 0.2) is 24.3 Å². The van der Waals surface area contributed by atoms with E-state index in [1.807, 2.05) is 39.0 Å². The summed E-state index contributed by atoms with van der Waals surface area (Å²) in [4.78, 5) is 30.1. The van der Waals surface area contributed by atoms with Crippen molar-refractivity contribution in [2.75, 3.05) is 39.1 Å². The fourth-order valence-corrected chi connectivity index (χ4v) is 3.22. The molecule has 2 atom stereocenters. The maximum atomic E-state index is 12.8. The number of likely N-dealkylation sites (tertiary alicyclic amines) is 1. The Morgan fingerprint density at radius 3 is 2.68 bits per heavy atom. The molecule has 0 unspecified atom stereocenters. The van der Waals surface area contributed by atoms with E-state index in [4.69, 9.17) is 5.73 Å². The Hall–Kier alpha value is -2.08. The number of anilines is 1. The number of piperidine rings is 1. The largest absolute Gasteiger partial charge is 0.378 e. The Morgan fingerprint density at radius 2 is 2.04 bits per heavy atom. The van der Waals surface area contributed by atoms with Crippen molar-refractivity contribution in [1.82, 2.24) is 9.80 Å². The molecule has 1 heterocycles. The lowest BCUT2D eigenvalue weighted by Crippen LogP contribution is -2.50. The zero-order chi connectivity index (χ0) is 18.6. The van der Waals surface area contributed by atoms with E-state index in [1.165, 1.54) is 5.56 Å². The SMILES string of the molecule is C[C@H](C(=O)N1CCC[C@H](C(N)=O)C1)N(C)Cc1cccc(N(C)C)c1. The molecule has 0 radical (unpaired) electrons. The van der Waals surface area contributed by atoms with Crippen molar-refractivity contribution in [2.24, 2.45) is 11.7 Å². The van der Waals surface area contributed by atoms with Crippen LogP contribution in [0, 0.1) is 5.92 Å². The second-order valence-electron chi connectivity index (χ2n) is 7.18. The van der Waals surface area contributed by atoms with Crippen LogP contribution in [0.4, 0.5) is 5.69 Å². The number of amides is 2. The molecular weight excluding hydrogens is 316 g/mol. The zero-order valence-corrected chi connectivity index (χ0v) is 15.7. The summed E-state index contributed by atoms with van der Waals surface area (Å²) in [6, 6.07) is 8.07. The first-order valence-electron chi connectivity index (χ1n) is 8.84. The lowest BCUT2D eigenvalue weighted by Gasteiger charge is -2.35. The van der Waals surface area contributed by atoms with Gasteiger partial charge in [-0.25, -0.2) is 0 Å². The summed E-state index contributed by atoms with van der Waals surface area (Å²) >= 11 is 0. The third-order valence-electron chi connectivity index (χ3n) is 5.01. The van der Waals surface area contributed by atoms with Gasteiger partial charge in [-0.3, -0.25) is 14.5 Å². The lowest BCUT2D eigenvalue weighted by atomic mass is 9.97. The van der Waals surface area contributed by atoms with E-state index in [1.54, 1.807) is 4.90 Å². The standard InChI is InChI=1S/C19H30N4O2/c1-14(19(25)23-10-6-8-16(13-23)18(20)24)22(4)12-15-7-5-9-17(11-15)21(2)3/h5,7,9,11,14,16H,6,8,10,12-13H2,1-4H3,(H2,20,24)/t14-,16+/m1/s1. The topological polar surface area (TPSA) is 69.9 Å². The van der Waals surface area contributed by atoms with Crippen molar-refractivity contribution in [3.05, 3.63) is 29.8 Å². The molecule has 6 heteroatoms. The van der Waals surface area contributed by atoms with E-state index in [2.05, 4.69) is 23.1 Å². The van der Waals surface area contributed by atoms with Gasteiger partial charge in [0.15, 0.2) is 0 Å². The van der Waals surface area contributed by atoms with Crippen molar-refractivity contribution >= 4 is 17.5 Å². The third kappa shape index (κ3) is 4.95. The fraction of sp³-hybridized carbons (Fsp3) is 0.579. The number of primary amides is 1. The number of nitrogens with two attached hydrogens (primary N) is 1. The number of nitrogens with zero attached hydrogens (tertiary/aromatic N) is 3. The molecule has 2 N–H and O–H groups in total. The van der Waals surface area contributed by atoms with Crippen molar-refractivity contribution in [3.8, 4) is 0 Å². The minimum absolute atomic E-state index is 0.0669. The van der Waals surface area contributed by atoms with Gasteiger partial charge in [-0.15, -0.1) is 0 Å². The zero-order valence-electron chi connectivity index (χ0n) is 15.7. The molecule has 0 spiro atoms. The summed E-state index contributed by atoms with van der Waals surface area (Å²) in [5, 5.41) is 0. The number of likely N-dealkylation sites (N-methyl/N-ethyl adjacent to an activating group) is 1. The molecule has 1 aliphatic heterocycles. The first-order valence-corrected chi connectivity index (χ1v) is 8.84. The van der Waals surface area contributed by atoms with Crippen molar-refractivity contribution in [1.29, 1.82) is 0 Å². The molecule has 0 aromatic heterocycles. The fourth-order valence-electron chi connectivity index (χ4n) is 3.22. The molecule has 1 saturated heterocycles. The highest BCUT2D eigenvalue weighted by Gasteiger charge is 2.30. The molecule has 1 aromatic carbocycles. The van der Waals surface area contributed by atoms with Gasteiger partial charge < -0.3 is 15.5 Å². The van der Waals surface area contributed by atoms with Crippen LogP contribution >= 0.6 is 0 Å². The van der Waals surface area contributed by atoms with Gasteiger partial charge >= 0.3 is 0 Å². The number of hydrogen-bond acceptors (Lipinski definition) is 4. The summed E-state index contributed by atoms with van der Waals surface area (Å²) < 4.78 is 0. The van der Waals surface area contributed by atoms with Crippen LogP contribution < -0.4 is 10.6 Å². The van der Waals surface area contributed by atoms with Gasteiger partial charge in [0.1, 0.15) is 0 Å². The van der Waals surface area contributed by atoms with Gasteiger partial charge in [-0.2, -0.15) is 0 Å². The van der Waals surface area contributed by atoms with Gasteiger partial charge in [0.2, 0.25) is 11.8 Å². The Bertz CT molecular complexity index is 617. The van der Waals surface area contributed by atoms with E-state index >= 15 is 0 Å². The van der Waals surface area contributed by atoms with Crippen LogP contribution in [-0.2, 0) is 16.1 Å². The molecule has 0 aliphatic carbocycles. The van der Waals surface area contributed by atoms with Crippen LogP contribution in [0.3, 0.4) is 0 Å². The number of rotatable bonds is 6. The summed E-state index contributed by atoms with van der Waals surface area (Å²) in [7, 11) is 5.99. The van der Waals surface area contributed by atoms with Crippen molar-refractivity contribution in [3.63, 3.8) is 0 Å². The molecule has 0 saturated carbocycles. The van der Waals surface area contributed by atoms with Crippen molar-refractivity contribution in [2.45, 2.75) is 32.4 Å². The monoisotopic (exact) mass is 346 g/mol. The molecule has 0 bridgehead atoms. The highest BCUT2D eigenvalue weighted by atomic mass is 16.2. The van der Waals surface area contributed by atoms with Crippen LogP contribution in [-0.4, -0.2) is 61.9 Å². The van der Waals surface area contributed by atoms with E-state index < -0.39 is 0 Å². The molecule has 25 heavy (non-hydrogen) atoms.